The van der Waals surface area contributed by atoms with Gasteiger partial charge in [0, 0.05) is 56.2 Å². The Morgan fingerprint density at radius 3 is 2.18 bits per heavy atom. The van der Waals surface area contributed by atoms with Gasteiger partial charge in [-0.2, -0.15) is 0 Å². The maximum absolute atomic E-state index is 6.74. The number of furan rings is 1. The molecule has 3 atom stereocenters. The van der Waals surface area contributed by atoms with Gasteiger partial charge in [0.1, 0.15) is 17.4 Å². The molecule has 0 saturated heterocycles. The molecule has 7 aromatic carbocycles. The van der Waals surface area contributed by atoms with E-state index < -0.39 is 0 Å². The van der Waals surface area contributed by atoms with Crippen molar-refractivity contribution in [3.8, 4) is 56.2 Å². The van der Waals surface area contributed by atoms with Crippen LogP contribution in [0.25, 0.3) is 67.1 Å². The Kier molecular flexibility index (Phi) is 8.04. The monoisotopic (exact) mass is 784 g/mol. The molecule has 0 bridgehead atoms. The Balaban J connectivity index is 0.975. The first-order chi connectivity index (χ1) is 30.1. The highest BCUT2D eigenvalue weighted by Crippen LogP contribution is 2.54. The molecule has 290 valence electrons. The molecular weight excluding hydrogens is 745 g/mol. The fourth-order valence-electron chi connectivity index (χ4n) is 9.82. The second-order valence-corrected chi connectivity index (χ2v) is 16.4. The molecule has 1 aliphatic carbocycles. The molecule has 5 heteroatoms. The number of rotatable bonds is 6. The van der Waals surface area contributed by atoms with Gasteiger partial charge in [-0.25, -0.2) is 9.97 Å². The molecule has 1 N–H and O–H groups in total. The van der Waals surface area contributed by atoms with Crippen LogP contribution in [0.1, 0.15) is 35.8 Å². The maximum Gasteiger partial charge on any atom is 0.160 e. The Labute approximate surface area is 355 Å². The summed E-state index contributed by atoms with van der Waals surface area (Å²) in [5, 5.41) is 5.02. The van der Waals surface area contributed by atoms with Crippen LogP contribution in [0.15, 0.2) is 211 Å². The quantitative estimate of drug-likeness (QED) is 0.182. The van der Waals surface area contributed by atoms with Crippen molar-refractivity contribution in [2.45, 2.75) is 24.4 Å². The van der Waals surface area contributed by atoms with Crippen molar-refractivity contribution in [3.05, 3.63) is 223 Å². The van der Waals surface area contributed by atoms with Crippen LogP contribution >= 0.6 is 0 Å². The second kappa shape index (κ2) is 13.9. The molecule has 0 saturated carbocycles. The molecule has 3 aliphatic rings. The average molecular weight is 785 g/mol. The van der Waals surface area contributed by atoms with Crippen LogP contribution in [0.5, 0.6) is 0 Å². The number of nitrogens with zero attached hydrogens (tertiary/aromatic N) is 3. The Morgan fingerprint density at radius 1 is 0.590 bits per heavy atom. The van der Waals surface area contributed by atoms with Gasteiger partial charge in [0.2, 0.25) is 0 Å². The van der Waals surface area contributed by atoms with E-state index in [-0.39, 0.29) is 17.5 Å². The molecule has 5 nitrogen and oxygen atoms in total. The van der Waals surface area contributed by atoms with Gasteiger partial charge in [0.25, 0.3) is 0 Å². The number of hydrogen-bond acceptors (Lipinski definition) is 5. The minimum Gasteiger partial charge on any atom is -0.458 e. The highest BCUT2D eigenvalue weighted by Gasteiger charge is 2.46. The minimum absolute atomic E-state index is 0.236. The Morgan fingerprint density at radius 2 is 1.31 bits per heavy atom. The lowest BCUT2D eigenvalue weighted by molar-refractivity contribution is 0.536. The van der Waals surface area contributed by atoms with E-state index in [1.807, 2.05) is 12.1 Å². The van der Waals surface area contributed by atoms with Gasteiger partial charge in [-0.05, 0) is 71.6 Å². The fraction of sp³-hybridized carbons (Fsp3) is 0.0714. The topological polar surface area (TPSA) is 54.2 Å². The van der Waals surface area contributed by atoms with Crippen molar-refractivity contribution in [1.29, 1.82) is 0 Å². The summed E-state index contributed by atoms with van der Waals surface area (Å²) >= 11 is 0. The summed E-state index contributed by atoms with van der Waals surface area (Å²) in [5.74, 6) is 1.82. The summed E-state index contributed by atoms with van der Waals surface area (Å²) in [5.41, 5.74) is 15.8. The van der Waals surface area contributed by atoms with Crippen LogP contribution in [-0.4, -0.2) is 15.5 Å². The Bertz CT molecular complexity index is 3220. The summed E-state index contributed by atoms with van der Waals surface area (Å²) in [6.07, 6.45) is 9.02. The molecule has 0 fully saturated rings. The van der Waals surface area contributed by atoms with E-state index in [9.17, 15) is 0 Å². The van der Waals surface area contributed by atoms with Crippen LogP contribution in [0.3, 0.4) is 0 Å². The number of allylic oxidation sites excluding steroid dienone is 2. The number of aromatic nitrogens is 2. The number of anilines is 3. The zero-order chi connectivity index (χ0) is 40.5. The zero-order valence-corrected chi connectivity index (χ0v) is 33.5. The van der Waals surface area contributed by atoms with Gasteiger partial charge < -0.3 is 14.6 Å². The second-order valence-electron chi connectivity index (χ2n) is 16.4. The SMILES string of the molecule is CC12C=CC=CC1c1ccccc1N2c1cccc(-c2cc(-c3ccccc3)nc(-c3cccc(C4Nc5cc(-c6ccccc6)ccc5-c5c4oc4ccccc54)c3)n2)c1. The summed E-state index contributed by atoms with van der Waals surface area (Å²) < 4.78 is 6.74. The van der Waals surface area contributed by atoms with Crippen LogP contribution < -0.4 is 10.2 Å². The van der Waals surface area contributed by atoms with E-state index >= 15 is 0 Å². The lowest BCUT2D eigenvalue weighted by atomic mass is 9.80. The predicted octanol–water partition coefficient (Wildman–Crippen LogP) is 14.2. The van der Waals surface area contributed by atoms with E-state index in [1.165, 1.54) is 16.8 Å². The molecule has 2 aliphatic heterocycles. The molecule has 61 heavy (non-hydrogen) atoms. The Hall–Kier alpha value is -7.76. The van der Waals surface area contributed by atoms with Crippen molar-refractivity contribution < 1.29 is 4.42 Å². The summed E-state index contributed by atoms with van der Waals surface area (Å²) in [7, 11) is 0. The maximum atomic E-state index is 6.74. The van der Waals surface area contributed by atoms with E-state index in [0.29, 0.717) is 5.82 Å². The van der Waals surface area contributed by atoms with Gasteiger partial charge in [-0.1, -0.05) is 164 Å². The normalized spacial score (nSPS) is 18.3. The number of fused-ring (bicyclic) bond motifs is 8. The van der Waals surface area contributed by atoms with Gasteiger partial charge in [0.15, 0.2) is 5.82 Å². The number of benzene rings is 7. The molecule has 0 amide bonds. The first-order valence-corrected chi connectivity index (χ1v) is 21.0. The number of hydrogen-bond donors (Lipinski definition) is 1. The molecule has 4 heterocycles. The van der Waals surface area contributed by atoms with Crippen LogP contribution in [0, 0.1) is 0 Å². The van der Waals surface area contributed by atoms with Crippen LogP contribution in [0.4, 0.5) is 17.1 Å². The van der Waals surface area contributed by atoms with E-state index in [2.05, 4.69) is 211 Å². The van der Waals surface area contributed by atoms with Gasteiger partial charge in [-0.15, -0.1) is 0 Å². The first-order valence-electron chi connectivity index (χ1n) is 21.0. The van der Waals surface area contributed by atoms with E-state index in [0.717, 1.165) is 78.4 Å². The molecule has 12 rings (SSSR count). The lowest BCUT2D eigenvalue weighted by Crippen LogP contribution is -2.41. The standard InChI is InChI=1S/C56H40N4O/c1-56-31-13-12-26-46(56)43-24-8-10-27-50(43)60(56)42-23-15-20-39(33-42)48-35-47(37-18-6-3-7-19-37)58-55(59-48)41-22-14-21-40(32-41)53-54-52(45-25-9-11-28-51(45)61-54)44-30-29-38(34-49(44)57-53)36-16-4-2-5-17-36/h2-35,46,53,57H,1H3. The third-order valence-corrected chi connectivity index (χ3v) is 12.7. The fourth-order valence-corrected chi connectivity index (χ4v) is 9.82. The molecule has 3 unspecified atom stereocenters. The third-order valence-electron chi connectivity index (χ3n) is 12.7. The lowest BCUT2D eigenvalue weighted by Gasteiger charge is -2.39. The van der Waals surface area contributed by atoms with Crippen molar-refractivity contribution >= 4 is 28.0 Å². The average Bonchev–Trinajstić information content (AvgIpc) is 3.85. The zero-order valence-electron chi connectivity index (χ0n) is 33.5. The largest absolute Gasteiger partial charge is 0.458 e. The summed E-state index contributed by atoms with van der Waals surface area (Å²) in [6.45, 7) is 2.34. The van der Waals surface area contributed by atoms with E-state index in [4.69, 9.17) is 14.4 Å². The van der Waals surface area contributed by atoms with Crippen molar-refractivity contribution in [2.75, 3.05) is 10.2 Å². The smallest absolute Gasteiger partial charge is 0.160 e. The van der Waals surface area contributed by atoms with Gasteiger partial charge in [-0.3, -0.25) is 0 Å². The molecule has 0 radical (unpaired) electrons. The van der Waals surface area contributed by atoms with Gasteiger partial charge >= 0.3 is 0 Å². The molecular formula is C56H40N4O. The summed E-state index contributed by atoms with van der Waals surface area (Å²) in [4.78, 5) is 13.1. The minimum atomic E-state index is -0.244. The predicted molar refractivity (Wildman–Crippen MR) is 249 cm³/mol. The summed E-state index contributed by atoms with van der Waals surface area (Å²) in [6, 6.07) is 64.1. The number of nitrogens with one attached hydrogen (secondary N) is 1. The number of para-hydroxylation sites is 2. The van der Waals surface area contributed by atoms with Gasteiger partial charge in [0.05, 0.1) is 16.9 Å². The van der Waals surface area contributed by atoms with Crippen molar-refractivity contribution in [3.63, 3.8) is 0 Å². The molecule has 2 aromatic heterocycles. The van der Waals surface area contributed by atoms with Crippen molar-refractivity contribution in [2.24, 2.45) is 0 Å². The third kappa shape index (κ3) is 5.76. The van der Waals surface area contributed by atoms with Crippen LogP contribution in [-0.2, 0) is 0 Å². The van der Waals surface area contributed by atoms with Crippen LogP contribution in [0.2, 0.25) is 0 Å². The van der Waals surface area contributed by atoms with E-state index in [1.54, 1.807) is 0 Å². The van der Waals surface area contributed by atoms with Crippen molar-refractivity contribution in [1.82, 2.24) is 9.97 Å². The highest BCUT2D eigenvalue weighted by atomic mass is 16.3. The first kappa shape index (κ1) is 35.2. The molecule has 0 spiro atoms. The molecule has 9 aromatic rings. The highest BCUT2D eigenvalue weighted by molar-refractivity contribution is 6.02.